The molecular weight excluding hydrogens is 468 g/mol. The third kappa shape index (κ3) is 7.07. The minimum Gasteiger partial charge on any atom is -0.467 e. The standard InChI is InChI=1S/C26H26N2O6S/c1-33-25(31)22-19(13-14-20(29)18-11-7-4-8-12-18)16-35-24(28-22)23(26(32)34-2)27-21(30)15-17-9-5-3-6-10-17/h3-14,23-24,28H,15-16H2,1-2H3,(H,27,30)/b14-13+/t23-,24+/m0/s1. The highest BCUT2D eigenvalue weighted by Gasteiger charge is 2.36. The molecule has 1 aliphatic rings. The van der Waals surface area contributed by atoms with E-state index in [1.807, 2.05) is 36.4 Å². The second-order valence-electron chi connectivity index (χ2n) is 7.56. The molecule has 0 saturated heterocycles. The quantitative estimate of drug-likeness (QED) is 0.311. The third-order valence-corrected chi connectivity index (χ3v) is 6.42. The molecule has 0 radical (unpaired) electrons. The first-order valence-corrected chi connectivity index (χ1v) is 11.9. The van der Waals surface area contributed by atoms with Gasteiger partial charge in [-0.3, -0.25) is 9.59 Å². The summed E-state index contributed by atoms with van der Waals surface area (Å²) in [4.78, 5) is 50.1. The zero-order valence-electron chi connectivity index (χ0n) is 19.4. The van der Waals surface area contributed by atoms with Gasteiger partial charge in [-0.2, -0.15) is 0 Å². The number of benzene rings is 2. The number of ether oxygens (including phenoxy) is 2. The number of thioether (sulfide) groups is 1. The fourth-order valence-corrected chi connectivity index (χ4v) is 4.57. The van der Waals surface area contributed by atoms with Crippen molar-refractivity contribution in [1.29, 1.82) is 0 Å². The summed E-state index contributed by atoms with van der Waals surface area (Å²) < 4.78 is 9.79. The van der Waals surface area contributed by atoms with Crippen LogP contribution in [0.25, 0.3) is 0 Å². The van der Waals surface area contributed by atoms with Crippen LogP contribution < -0.4 is 10.6 Å². The van der Waals surface area contributed by atoms with Crippen molar-refractivity contribution in [3.05, 3.63) is 95.2 Å². The molecule has 0 aliphatic carbocycles. The van der Waals surface area contributed by atoms with Gasteiger partial charge < -0.3 is 20.1 Å². The smallest absolute Gasteiger partial charge is 0.354 e. The molecule has 1 amide bonds. The number of nitrogens with one attached hydrogen (secondary N) is 2. The van der Waals surface area contributed by atoms with E-state index in [1.165, 1.54) is 32.1 Å². The van der Waals surface area contributed by atoms with Crippen LogP contribution in [0.1, 0.15) is 15.9 Å². The van der Waals surface area contributed by atoms with E-state index in [0.29, 0.717) is 16.9 Å². The van der Waals surface area contributed by atoms with Crippen LogP contribution in [-0.2, 0) is 30.3 Å². The fourth-order valence-electron chi connectivity index (χ4n) is 3.40. The Labute approximate surface area is 207 Å². The Kier molecular flexibility index (Phi) is 9.25. The van der Waals surface area contributed by atoms with E-state index < -0.39 is 23.4 Å². The van der Waals surface area contributed by atoms with Crippen molar-refractivity contribution >= 4 is 35.4 Å². The van der Waals surface area contributed by atoms with Gasteiger partial charge in [-0.1, -0.05) is 66.7 Å². The predicted octanol–water partition coefficient (Wildman–Crippen LogP) is 2.42. The molecule has 35 heavy (non-hydrogen) atoms. The summed E-state index contributed by atoms with van der Waals surface area (Å²) in [5.41, 5.74) is 1.95. The third-order valence-electron chi connectivity index (χ3n) is 5.19. The Bertz CT molecular complexity index is 1130. The van der Waals surface area contributed by atoms with Crippen molar-refractivity contribution in [2.45, 2.75) is 17.8 Å². The van der Waals surface area contributed by atoms with Crippen LogP contribution in [0.4, 0.5) is 0 Å². The number of hydrogen-bond donors (Lipinski definition) is 2. The van der Waals surface area contributed by atoms with Crippen molar-refractivity contribution < 1.29 is 28.7 Å². The topological polar surface area (TPSA) is 111 Å². The van der Waals surface area contributed by atoms with Crippen LogP contribution in [-0.4, -0.2) is 55.0 Å². The van der Waals surface area contributed by atoms with Gasteiger partial charge in [-0.25, -0.2) is 9.59 Å². The zero-order valence-corrected chi connectivity index (χ0v) is 20.2. The van der Waals surface area contributed by atoms with Crippen molar-refractivity contribution in [1.82, 2.24) is 10.6 Å². The molecule has 2 atom stereocenters. The summed E-state index contributed by atoms with van der Waals surface area (Å²) >= 11 is 1.30. The van der Waals surface area contributed by atoms with Crippen LogP contribution >= 0.6 is 11.8 Å². The Morgan fingerprint density at radius 1 is 1.03 bits per heavy atom. The Morgan fingerprint density at radius 3 is 2.31 bits per heavy atom. The van der Waals surface area contributed by atoms with Gasteiger partial charge in [0, 0.05) is 11.3 Å². The Balaban J connectivity index is 1.78. The lowest BCUT2D eigenvalue weighted by Gasteiger charge is -2.31. The summed E-state index contributed by atoms with van der Waals surface area (Å²) in [7, 11) is 2.47. The van der Waals surface area contributed by atoms with Crippen molar-refractivity contribution in [2.24, 2.45) is 0 Å². The molecule has 0 saturated carbocycles. The zero-order chi connectivity index (χ0) is 25.2. The summed E-state index contributed by atoms with van der Waals surface area (Å²) in [6.45, 7) is 0. The first-order valence-electron chi connectivity index (χ1n) is 10.8. The van der Waals surface area contributed by atoms with E-state index in [9.17, 15) is 19.2 Å². The maximum atomic E-state index is 12.6. The average Bonchev–Trinajstić information content (AvgIpc) is 2.90. The lowest BCUT2D eigenvalue weighted by molar-refractivity contribution is -0.145. The molecule has 2 aromatic rings. The predicted molar refractivity (Wildman–Crippen MR) is 132 cm³/mol. The lowest BCUT2D eigenvalue weighted by Crippen LogP contribution is -2.55. The largest absolute Gasteiger partial charge is 0.467 e. The van der Waals surface area contributed by atoms with E-state index in [4.69, 9.17) is 9.47 Å². The molecule has 3 rings (SSSR count). The number of carbonyl (C=O) groups is 4. The summed E-state index contributed by atoms with van der Waals surface area (Å²) in [6.07, 6.45) is 3.02. The molecule has 182 valence electrons. The molecule has 9 heteroatoms. The SMILES string of the molecule is COC(=O)C1=C(/C=C/C(=O)c2ccccc2)CS[C@H]([C@H](NC(=O)Cc2ccccc2)C(=O)OC)N1. The molecule has 0 spiro atoms. The molecule has 0 aromatic heterocycles. The first-order chi connectivity index (χ1) is 16.9. The molecule has 0 bridgehead atoms. The van der Waals surface area contributed by atoms with Gasteiger partial charge in [0.05, 0.1) is 20.6 Å². The Hall–Kier alpha value is -3.85. The number of allylic oxidation sites excluding steroid dienone is 2. The summed E-state index contributed by atoms with van der Waals surface area (Å²) in [5, 5.41) is 5.00. The normalized spacial score (nSPS) is 16.2. The van der Waals surface area contributed by atoms with E-state index in [1.54, 1.807) is 30.3 Å². The van der Waals surface area contributed by atoms with Crippen LogP contribution in [0.3, 0.4) is 0 Å². The van der Waals surface area contributed by atoms with E-state index >= 15 is 0 Å². The number of hydrogen-bond acceptors (Lipinski definition) is 8. The van der Waals surface area contributed by atoms with E-state index in [0.717, 1.165) is 5.56 Å². The highest BCUT2D eigenvalue weighted by atomic mass is 32.2. The first kappa shape index (κ1) is 25.8. The number of ketones is 1. The molecule has 1 aliphatic heterocycles. The molecule has 0 fully saturated rings. The molecule has 1 heterocycles. The van der Waals surface area contributed by atoms with Crippen molar-refractivity contribution in [3.8, 4) is 0 Å². The highest BCUT2D eigenvalue weighted by Crippen LogP contribution is 2.27. The maximum absolute atomic E-state index is 12.6. The number of amides is 1. The minimum atomic E-state index is -1.06. The molecular formula is C26H26N2O6S. The van der Waals surface area contributed by atoms with Gasteiger partial charge >= 0.3 is 11.9 Å². The van der Waals surface area contributed by atoms with E-state index in [-0.39, 0.29) is 23.8 Å². The van der Waals surface area contributed by atoms with Gasteiger partial charge in [0.15, 0.2) is 11.8 Å². The number of esters is 2. The van der Waals surface area contributed by atoms with Crippen LogP contribution in [0.5, 0.6) is 0 Å². The van der Waals surface area contributed by atoms with Crippen LogP contribution in [0.15, 0.2) is 84.1 Å². The second kappa shape index (κ2) is 12.6. The Morgan fingerprint density at radius 2 is 1.69 bits per heavy atom. The van der Waals surface area contributed by atoms with Gasteiger partial charge in [-0.15, -0.1) is 11.8 Å². The average molecular weight is 495 g/mol. The van der Waals surface area contributed by atoms with Crippen LogP contribution in [0.2, 0.25) is 0 Å². The molecule has 2 aromatic carbocycles. The summed E-state index contributed by atoms with van der Waals surface area (Å²) in [6, 6.07) is 16.8. The number of rotatable bonds is 9. The maximum Gasteiger partial charge on any atom is 0.354 e. The van der Waals surface area contributed by atoms with Gasteiger partial charge in [0.2, 0.25) is 5.91 Å². The monoisotopic (exact) mass is 494 g/mol. The second-order valence-corrected chi connectivity index (χ2v) is 8.69. The highest BCUT2D eigenvalue weighted by molar-refractivity contribution is 8.00. The summed E-state index contributed by atoms with van der Waals surface area (Å²) in [5.74, 6) is -1.59. The number of methoxy groups -OCH3 is 2. The molecule has 8 nitrogen and oxygen atoms in total. The van der Waals surface area contributed by atoms with E-state index in [2.05, 4.69) is 10.6 Å². The van der Waals surface area contributed by atoms with Gasteiger partial charge in [0.1, 0.15) is 11.1 Å². The van der Waals surface area contributed by atoms with Gasteiger partial charge in [-0.05, 0) is 17.2 Å². The molecule has 2 N–H and O–H groups in total. The lowest BCUT2D eigenvalue weighted by atomic mass is 10.1. The minimum absolute atomic E-state index is 0.0843. The van der Waals surface area contributed by atoms with Crippen molar-refractivity contribution in [2.75, 3.05) is 20.0 Å². The fraction of sp³-hybridized carbons (Fsp3) is 0.231. The van der Waals surface area contributed by atoms with Crippen molar-refractivity contribution in [3.63, 3.8) is 0 Å². The van der Waals surface area contributed by atoms with Crippen LogP contribution in [0, 0.1) is 0 Å². The van der Waals surface area contributed by atoms with Gasteiger partial charge in [0.25, 0.3) is 0 Å². The molecule has 0 unspecified atom stereocenters. The number of carbonyl (C=O) groups excluding carboxylic acids is 4.